The van der Waals surface area contributed by atoms with E-state index < -0.39 is 6.10 Å². The van der Waals surface area contributed by atoms with Crippen LogP contribution in [-0.2, 0) is 4.79 Å². The Morgan fingerprint density at radius 2 is 1.84 bits per heavy atom. The Labute approximate surface area is 152 Å². The molecule has 1 amide bonds. The highest BCUT2D eigenvalue weighted by Crippen LogP contribution is 2.23. The number of halogens is 1. The van der Waals surface area contributed by atoms with Crippen molar-refractivity contribution in [1.29, 1.82) is 0 Å². The maximum atomic E-state index is 12.6. The number of ether oxygens (including phenoxy) is 1. The smallest absolute Gasteiger partial charge is 0.265 e. The van der Waals surface area contributed by atoms with Crippen molar-refractivity contribution in [3.8, 4) is 5.75 Å². The zero-order valence-corrected chi connectivity index (χ0v) is 15.0. The van der Waals surface area contributed by atoms with E-state index in [1.807, 2.05) is 62.4 Å². The summed E-state index contributed by atoms with van der Waals surface area (Å²) in [5.41, 5.74) is 1.66. The molecule has 0 fully saturated rings. The van der Waals surface area contributed by atoms with Gasteiger partial charge in [-0.25, -0.2) is 0 Å². The van der Waals surface area contributed by atoms with Gasteiger partial charge < -0.3 is 10.1 Å². The summed E-state index contributed by atoms with van der Waals surface area (Å²) < 4.78 is 5.93. The number of aryl methyl sites for hydroxylation is 1. The van der Waals surface area contributed by atoms with Crippen LogP contribution in [0, 0.1) is 6.92 Å². The standard InChI is InChI=1S/C21H20ClNO2/c1-3-20(21(24)23-19-11-9-17(22)12-14(19)2)25-18-10-8-15-6-4-5-7-16(15)13-18/h4-13,20H,3H2,1-2H3,(H,23,24). The second-order valence-corrected chi connectivity index (χ2v) is 6.41. The van der Waals surface area contributed by atoms with Gasteiger partial charge >= 0.3 is 0 Å². The molecule has 128 valence electrons. The van der Waals surface area contributed by atoms with Gasteiger partial charge in [-0.1, -0.05) is 48.9 Å². The Morgan fingerprint density at radius 3 is 2.56 bits per heavy atom. The van der Waals surface area contributed by atoms with Crippen molar-refractivity contribution in [3.05, 3.63) is 71.2 Å². The average molecular weight is 354 g/mol. The molecule has 0 aromatic heterocycles. The number of nitrogens with one attached hydrogen (secondary N) is 1. The summed E-state index contributed by atoms with van der Waals surface area (Å²) in [6.45, 7) is 3.84. The molecule has 0 saturated carbocycles. The molecule has 3 aromatic carbocycles. The SMILES string of the molecule is CCC(Oc1ccc2ccccc2c1)C(=O)Nc1ccc(Cl)cc1C. The largest absolute Gasteiger partial charge is 0.481 e. The van der Waals surface area contributed by atoms with Crippen molar-refractivity contribution in [3.63, 3.8) is 0 Å². The van der Waals surface area contributed by atoms with Crippen molar-refractivity contribution in [2.75, 3.05) is 5.32 Å². The number of carbonyl (C=O) groups is 1. The Kier molecular flexibility index (Phi) is 5.25. The van der Waals surface area contributed by atoms with E-state index in [2.05, 4.69) is 5.32 Å². The normalized spacial score (nSPS) is 12.0. The first-order chi connectivity index (χ1) is 12.1. The summed E-state index contributed by atoms with van der Waals surface area (Å²) in [4.78, 5) is 12.6. The summed E-state index contributed by atoms with van der Waals surface area (Å²) >= 11 is 5.96. The molecular weight excluding hydrogens is 334 g/mol. The Morgan fingerprint density at radius 1 is 1.08 bits per heavy atom. The van der Waals surface area contributed by atoms with Crippen molar-refractivity contribution in [1.82, 2.24) is 0 Å². The van der Waals surface area contributed by atoms with Gasteiger partial charge in [-0.3, -0.25) is 4.79 Å². The Balaban J connectivity index is 1.75. The van der Waals surface area contributed by atoms with E-state index in [1.54, 1.807) is 12.1 Å². The molecule has 0 aliphatic heterocycles. The molecule has 0 aliphatic rings. The minimum absolute atomic E-state index is 0.166. The first kappa shape index (κ1) is 17.3. The highest BCUT2D eigenvalue weighted by molar-refractivity contribution is 6.30. The highest BCUT2D eigenvalue weighted by Gasteiger charge is 2.19. The number of amides is 1. The fourth-order valence-electron chi connectivity index (χ4n) is 2.71. The van der Waals surface area contributed by atoms with Crippen LogP contribution in [0.4, 0.5) is 5.69 Å². The van der Waals surface area contributed by atoms with Gasteiger partial charge in [0.25, 0.3) is 5.91 Å². The molecule has 3 nitrogen and oxygen atoms in total. The van der Waals surface area contributed by atoms with Crippen LogP contribution in [0.25, 0.3) is 10.8 Å². The highest BCUT2D eigenvalue weighted by atomic mass is 35.5. The molecule has 25 heavy (non-hydrogen) atoms. The van der Waals surface area contributed by atoms with Crippen LogP contribution in [0.2, 0.25) is 5.02 Å². The second kappa shape index (κ2) is 7.58. The molecule has 3 aromatic rings. The third kappa shape index (κ3) is 4.12. The lowest BCUT2D eigenvalue weighted by Crippen LogP contribution is -2.32. The molecule has 3 rings (SSSR count). The van der Waals surface area contributed by atoms with Crippen molar-refractivity contribution in [2.24, 2.45) is 0 Å². The summed E-state index contributed by atoms with van der Waals surface area (Å²) in [5.74, 6) is 0.523. The third-order valence-corrected chi connectivity index (χ3v) is 4.34. The quantitative estimate of drug-likeness (QED) is 0.648. The number of carbonyl (C=O) groups excluding carboxylic acids is 1. The monoisotopic (exact) mass is 353 g/mol. The predicted molar refractivity (Wildman–Crippen MR) is 103 cm³/mol. The lowest BCUT2D eigenvalue weighted by molar-refractivity contribution is -0.122. The number of hydrogen-bond acceptors (Lipinski definition) is 2. The number of hydrogen-bond donors (Lipinski definition) is 1. The maximum absolute atomic E-state index is 12.6. The third-order valence-electron chi connectivity index (χ3n) is 4.11. The van der Waals surface area contributed by atoms with Gasteiger partial charge in [0, 0.05) is 10.7 Å². The van der Waals surface area contributed by atoms with Gasteiger partial charge in [0.1, 0.15) is 5.75 Å². The van der Waals surface area contributed by atoms with Crippen molar-refractivity contribution in [2.45, 2.75) is 26.4 Å². The maximum Gasteiger partial charge on any atom is 0.265 e. The van der Waals surface area contributed by atoms with E-state index in [-0.39, 0.29) is 5.91 Å². The number of fused-ring (bicyclic) bond motifs is 1. The van der Waals surface area contributed by atoms with Crippen LogP contribution < -0.4 is 10.1 Å². The molecule has 0 heterocycles. The molecule has 0 spiro atoms. The molecule has 1 atom stereocenters. The van der Waals surface area contributed by atoms with Crippen molar-refractivity contribution >= 4 is 34.0 Å². The lowest BCUT2D eigenvalue weighted by Gasteiger charge is -2.18. The fraction of sp³-hybridized carbons (Fsp3) is 0.190. The molecular formula is C21H20ClNO2. The van der Waals surface area contributed by atoms with E-state index in [1.165, 1.54) is 0 Å². The number of rotatable bonds is 5. The van der Waals surface area contributed by atoms with Gasteiger partial charge in [-0.05, 0) is 60.0 Å². The van der Waals surface area contributed by atoms with Crippen LogP contribution in [0.5, 0.6) is 5.75 Å². The fourth-order valence-corrected chi connectivity index (χ4v) is 2.93. The molecule has 4 heteroatoms. The second-order valence-electron chi connectivity index (χ2n) is 5.97. The van der Waals surface area contributed by atoms with Gasteiger partial charge in [0.2, 0.25) is 0 Å². The minimum atomic E-state index is -0.559. The first-order valence-corrected chi connectivity index (χ1v) is 8.67. The molecule has 1 unspecified atom stereocenters. The van der Waals surface area contributed by atoms with Crippen LogP contribution in [-0.4, -0.2) is 12.0 Å². The van der Waals surface area contributed by atoms with E-state index in [9.17, 15) is 4.79 Å². The number of anilines is 1. The van der Waals surface area contributed by atoms with Crippen LogP contribution >= 0.6 is 11.6 Å². The molecule has 0 radical (unpaired) electrons. The predicted octanol–water partition coefficient (Wildman–Crippen LogP) is 5.60. The lowest BCUT2D eigenvalue weighted by atomic mass is 10.1. The summed E-state index contributed by atoms with van der Waals surface area (Å²) in [6.07, 6.45) is 0.0157. The average Bonchev–Trinajstić information content (AvgIpc) is 2.61. The first-order valence-electron chi connectivity index (χ1n) is 8.29. The molecule has 0 saturated heterocycles. The minimum Gasteiger partial charge on any atom is -0.481 e. The van der Waals surface area contributed by atoms with Gasteiger partial charge in [0.15, 0.2) is 6.10 Å². The van der Waals surface area contributed by atoms with Gasteiger partial charge in [-0.2, -0.15) is 0 Å². The molecule has 1 N–H and O–H groups in total. The topological polar surface area (TPSA) is 38.3 Å². The summed E-state index contributed by atoms with van der Waals surface area (Å²) in [5, 5.41) is 5.80. The zero-order chi connectivity index (χ0) is 17.8. The van der Waals surface area contributed by atoms with E-state index in [0.717, 1.165) is 22.0 Å². The van der Waals surface area contributed by atoms with E-state index >= 15 is 0 Å². The van der Waals surface area contributed by atoms with Crippen LogP contribution in [0.15, 0.2) is 60.7 Å². The van der Waals surface area contributed by atoms with Crippen molar-refractivity contribution < 1.29 is 9.53 Å². The Hall–Kier alpha value is -2.52. The summed E-state index contributed by atoms with van der Waals surface area (Å²) in [6, 6.07) is 19.3. The Bertz CT molecular complexity index is 907. The van der Waals surface area contributed by atoms with Gasteiger partial charge in [-0.15, -0.1) is 0 Å². The summed E-state index contributed by atoms with van der Waals surface area (Å²) in [7, 11) is 0. The zero-order valence-electron chi connectivity index (χ0n) is 14.3. The number of benzene rings is 3. The van der Waals surface area contributed by atoms with Crippen LogP contribution in [0.3, 0.4) is 0 Å². The van der Waals surface area contributed by atoms with Gasteiger partial charge in [0.05, 0.1) is 0 Å². The molecule has 0 bridgehead atoms. The molecule has 0 aliphatic carbocycles. The van der Waals surface area contributed by atoms with E-state index in [0.29, 0.717) is 17.2 Å². The van der Waals surface area contributed by atoms with Crippen LogP contribution in [0.1, 0.15) is 18.9 Å². The van der Waals surface area contributed by atoms with E-state index in [4.69, 9.17) is 16.3 Å².